The van der Waals surface area contributed by atoms with Crippen molar-refractivity contribution < 1.29 is 18.8 Å². The Morgan fingerprint density at radius 3 is 2.14 bits per heavy atom. The predicted molar refractivity (Wildman–Crippen MR) is 85.5 cm³/mol. The summed E-state index contributed by atoms with van der Waals surface area (Å²) in [6.07, 6.45) is 0. The van der Waals surface area contributed by atoms with Gasteiger partial charge in [-0.15, -0.1) is 12.4 Å². The van der Waals surface area contributed by atoms with E-state index in [0.29, 0.717) is 11.0 Å². The monoisotopic (exact) mass is 312 g/mol. The van der Waals surface area contributed by atoms with E-state index < -0.39 is 18.3 Å². The summed E-state index contributed by atoms with van der Waals surface area (Å²) in [6, 6.07) is 5.60. The van der Waals surface area contributed by atoms with Gasteiger partial charge < -0.3 is 14.0 Å². The first-order valence-electron chi connectivity index (χ1n) is 6.72. The smallest absolute Gasteiger partial charge is 0.465 e. The zero-order valence-electron chi connectivity index (χ0n) is 13.4. The molecular weight excluding hydrogens is 290 g/mol. The minimum Gasteiger partial charge on any atom is -0.465 e. The van der Waals surface area contributed by atoms with Crippen LogP contribution in [0, 0.1) is 6.92 Å². The Balaban J connectivity index is 0.00000220. The topological polar surface area (TPSA) is 44.8 Å². The Morgan fingerprint density at radius 1 is 1.14 bits per heavy atom. The molecule has 0 saturated carbocycles. The molecular formula is C15H22BClO4. The number of benzene rings is 1. The molecule has 1 aliphatic heterocycles. The third kappa shape index (κ3) is 3.25. The molecule has 1 heterocycles. The van der Waals surface area contributed by atoms with Crippen LogP contribution in [0.25, 0.3) is 0 Å². The Hall–Kier alpha value is -1.04. The molecule has 1 aliphatic rings. The molecule has 1 saturated heterocycles. The summed E-state index contributed by atoms with van der Waals surface area (Å²) < 4.78 is 16.8. The van der Waals surface area contributed by atoms with Crippen molar-refractivity contribution in [3.8, 4) is 0 Å². The lowest BCUT2D eigenvalue weighted by molar-refractivity contribution is 0.00578. The van der Waals surface area contributed by atoms with Gasteiger partial charge >= 0.3 is 13.1 Å². The van der Waals surface area contributed by atoms with Crippen molar-refractivity contribution in [2.75, 3.05) is 7.11 Å². The number of aryl methyl sites for hydroxylation is 1. The van der Waals surface area contributed by atoms with Gasteiger partial charge in [-0.3, -0.25) is 0 Å². The SMILES string of the molecule is COC(=O)c1cc(C)ccc1B1OC(C)(C)C(C)(C)O1.Cl. The van der Waals surface area contributed by atoms with E-state index in [1.807, 2.05) is 46.8 Å². The van der Waals surface area contributed by atoms with Crippen LogP contribution in [0.1, 0.15) is 43.6 Å². The summed E-state index contributed by atoms with van der Waals surface area (Å²) >= 11 is 0. The van der Waals surface area contributed by atoms with Crippen LogP contribution in [0.4, 0.5) is 0 Å². The van der Waals surface area contributed by atoms with Crippen LogP contribution in [0.2, 0.25) is 0 Å². The number of rotatable bonds is 2. The van der Waals surface area contributed by atoms with Crippen LogP contribution >= 0.6 is 12.4 Å². The van der Waals surface area contributed by atoms with Crippen LogP contribution in [0.3, 0.4) is 0 Å². The Kier molecular flexibility index (Phi) is 5.14. The van der Waals surface area contributed by atoms with Crippen molar-refractivity contribution in [1.29, 1.82) is 0 Å². The summed E-state index contributed by atoms with van der Waals surface area (Å²) in [5, 5.41) is 0. The predicted octanol–water partition coefficient (Wildman–Crippen LogP) is 2.50. The van der Waals surface area contributed by atoms with Crippen molar-refractivity contribution in [1.82, 2.24) is 0 Å². The van der Waals surface area contributed by atoms with E-state index in [9.17, 15) is 4.79 Å². The maximum atomic E-state index is 11.9. The zero-order chi connectivity index (χ0) is 15.1. The van der Waals surface area contributed by atoms with E-state index in [-0.39, 0.29) is 18.4 Å². The standard InChI is InChI=1S/C15H21BO4.ClH/c1-10-7-8-12(11(9-10)13(17)18-6)16-19-14(2,3)15(4,5)20-16;/h7-9H,1-6H3;1H. The fourth-order valence-corrected chi connectivity index (χ4v) is 2.13. The van der Waals surface area contributed by atoms with Gasteiger partial charge in [-0.2, -0.15) is 0 Å². The van der Waals surface area contributed by atoms with E-state index in [1.54, 1.807) is 6.07 Å². The molecule has 0 aromatic heterocycles. The molecule has 21 heavy (non-hydrogen) atoms. The fourth-order valence-electron chi connectivity index (χ4n) is 2.13. The number of carbonyl (C=O) groups is 1. The lowest BCUT2D eigenvalue weighted by Crippen LogP contribution is -2.41. The van der Waals surface area contributed by atoms with Gasteiger partial charge in [0.1, 0.15) is 0 Å². The highest BCUT2D eigenvalue weighted by Gasteiger charge is 2.52. The molecule has 6 heteroatoms. The molecule has 1 aromatic carbocycles. The molecule has 0 amide bonds. The number of esters is 1. The molecule has 0 atom stereocenters. The van der Waals surface area contributed by atoms with Gasteiger partial charge in [-0.1, -0.05) is 17.7 Å². The largest absolute Gasteiger partial charge is 0.495 e. The molecule has 1 fully saturated rings. The molecule has 4 nitrogen and oxygen atoms in total. The van der Waals surface area contributed by atoms with Crippen LogP contribution in [-0.4, -0.2) is 31.4 Å². The van der Waals surface area contributed by atoms with Crippen LogP contribution in [0.15, 0.2) is 18.2 Å². The van der Waals surface area contributed by atoms with Crippen LogP contribution in [0.5, 0.6) is 0 Å². The summed E-state index contributed by atoms with van der Waals surface area (Å²) in [5.74, 6) is -0.376. The van der Waals surface area contributed by atoms with E-state index in [4.69, 9.17) is 14.0 Å². The van der Waals surface area contributed by atoms with Gasteiger partial charge in [0.2, 0.25) is 0 Å². The normalized spacial score (nSPS) is 19.0. The Bertz CT molecular complexity index is 526. The molecule has 0 unspecified atom stereocenters. The van der Waals surface area contributed by atoms with Crippen molar-refractivity contribution in [3.63, 3.8) is 0 Å². The van der Waals surface area contributed by atoms with Gasteiger partial charge in [0, 0.05) is 0 Å². The summed E-state index contributed by atoms with van der Waals surface area (Å²) in [5.41, 5.74) is 1.32. The van der Waals surface area contributed by atoms with Gasteiger partial charge in [-0.05, 0) is 46.1 Å². The lowest BCUT2D eigenvalue weighted by Gasteiger charge is -2.32. The van der Waals surface area contributed by atoms with Crippen molar-refractivity contribution in [3.05, 3.63) is 29.3 Å². The van der Waals surface area contributed by atoms with Crippen molar-refractivity contribution in [2.24, 2.45) is 0 Å². The summed E-state index contributed by atoms with van der Waals surface area (Å²) in [6.45, 7) is 9.87. The summed E-state index contributed by atoms with van der Waals surface area (Å²) in [4.78, 5) is 11.9. The first-order chi connectivity index (χ1) is 9.18. The van der Waals surface area contributed by atoms with E-state index in [1.165, 1.54) is 7.11 Å². The van der Waals surface area contributed by atoms with Gasteiger partial charge in [0.25, 0.3) is 0 Å². The van der Waals surface area contributed by atoms with Crippen LogP contribution in [-0.2, 0) is 14.0 Å². The number of carbonyl (C=O) groups excluding carboxylic acids is 1. The second-order valence-corrected chi connectivity index (χ2v) is 6.17. The molecule has 0 radical (unpaired) electrons. The number of halogens is 1. The summed E-state index contributed by atoms with van der Waals surface area (Å²) in [7, 11) is 0.813. The molecule has 116 valence electrons. The molecule has 0 aliphatic carbocycles. The minimum absolute atomic E-state index is 0. The third-order valence-electron chi connectivity index (χ3n) is 4.12. The fraction of sp³-hybridized carbons (Fsp3) is 0.533. The van der Waals surface area contributed by atoms with Gasteiger partial charge in [0.15, 0.2) is 0 Å². The molecule has 2 rings (SSSR count). The maximum absolute atomic E-state index is 11.9. The minimum atomic E-state index is -0.560. The Morgan fingerprint density at radius 2 is 1.67 bits per heavy atom. The first-order valence-corrected chi connectivity index (χ1v) is 6.72. The van der Waals surface area contributed by atoms with Gasteiger partial charge in [-0.25, -0.2) is 4.79 Å². The van der Waals surface area contributed by atoms with Crippen LogP contribution < -0.4 is 5.46 Å². The second-order valence-electron chi connectivity index (χ2n) is 6.17. The van der Waals surface area contributed by atoms with Crippen molar-refractivity contribution in [2.45, 2.75) is 45.8 Å². The Labute approximate surface area is 132 Å². The van der Waals surface area contributed by atoms with E-state index in [2.05, 4.69) is 0 Å². The highest BCUT2D eigenvalue weighted by molar-refractivity contribution is 6.63. The van der Waals surface area contributed by atoms with E-state index in [0.717, 1.165) is 5.56 Å². The lowest BCUT2D eigenvalue weighted by atomic mass is 9.75. The molecule has 0 spiro atoms. The van der Waals surface area contributed by atoms with Gasteiger partial charge in [0.05, 0.1) is 23.9 Å². The number of hydrogen-bond acceptors (Lipinski definition) is 4. The van der Waals surface area contributed by atoms with Crippen molar-refractivity contribution >= 4 is 31.0 Å². The average molecular weight is 313 g/mol. The highest BCUT2D eigenvalue weighted by Crippen LogP contribution is 2.36. The quantitative estimate of drug-likeness (QED) is 0.622. The zero-order valence-corrected chi connectivity index (χ0v) is 14.2. The first kappa shape index (κ1) is 18.0. The number of methoxy groups -OCH3 is 1. The molecule has 0 bridgehead atoms. The second kappa shape index (κ2) is 5.99. The third-order valence-corrected chi connectivity index (χ3v) is 4.12. The van der Waals surface area contributed by atoms with E-state index >= 15 is 0 Å². The molecule has 1 aromatic rings. The molecule has 0 N–H and O–H groups in total. The average Bonchev–Trinajstić information content (AvgIpc) is 2.57. The number of hydrogen-bond donors (Lipinski definition) is 0. The number of ether oxygens (including phenoxy) is 1. The maximum Gasteiger partial charge on any atom is 0.495 e. The highest BCUT2D eigenvalue weighted by atomic mass is 35.5.